The monoisotopic (exact) mass is 275 g/mol. The Bertz CT molecular complexity index is 465. The van der Waals surface area contributed by atoms with Gasteiger partial charge in [0, 0.05) is 24.5 Å². The number of aliphatic hydroxyl groups excluding tert-OH is 1. The van der Waals surface area contributed by atoms with E-state index in [9.17, 15) is 9.90 Å². The van der Waals surface area contributed by atoms with Gasteiger partial charge in [-0.3, -0.25) is 4.98 Å². The first-order valence-corrected chi connectivity index (χ1v) is 7.32. The van der Waals surface area contributed by atoms with Gasteiger partial charge in [-0.05, 0) is 44.2 Å². The molecule has 0 aliphatic carbocycles. The first-order chi connectivity index (χ1) is 9.65. The number of aromatic nitrogens is 1. The van der Waals surface area contributed by atoms with Crippen LogP contribution < -0.4 is 5.32 Å². The summed E-state index contributed by atoms with van der Waals surface area (Å²) in [7, 11) is 0. The number of piperidine rings is 1. The van der Waals surface area contributed by atoms with Crippen LogP contribution in [0.15, 0.2) is 24.5 Å². The third-order valence-corrected chi connectivity index (χ3v) is 4.47. The third kappa shape index (κ3) is 2.50. The zero-order valence-electron chi connectivity index (χ0n) is 11.7. The van der Waals surface area contributed by atoms with Crippen molar-refractivity contribution in [3.8, 4) is 0 Å². The van der Waals surface area contributed by atoms with Crippen molar-refractivity contribution in [2.45, 2.75) is 56.8 Å². The molecule has 1 aromatic rings. The van der Waals surface area contributed by atoms with Gasteiger partial charge < -0.3 is 15.3 Å². The van der Waals surface area contributed by atoms with Crippen LogP contribution in [-0.2, 0) is 0 Å². The number of carbonyl (C=O) groups excluding carboxylic acids is 1. The minimum atomic E-state index is -0.243. The third-order valence-electron chi connectivity index (χ3n) is 4.47. The molecule has 3 rings (SSSR count). The van der Waals surface area contributed by atoms with E-state index in [4.69, 9.17) is 0 Å². The smallest absolute Gasteiger partial charge is 0.318 e. The molecular weight excluding hydrogens is 254 g/mol. The van der Waals surface area contributed by atoms with Gasteiger partial charge in [-0.1, -0.05) is 6.07 Å². The number of fused-ring (bicyclic) bond motifs is 2. The Kier molecular flexibility index (Phi) is 3.61. The molecule has 2 N–H and O–H groups in total. The van der Waals surface area contributed by atoms with E-state index in [1.807, 2.05) is 24.0 Å². The predicted molar refractivity (Wildman–Crippen MR) is 75.1 cm³/mol. The van der Waals surface area contributed by atoms with Gasteiger partial charge in [0.2, 0.25) is 0 Å². The average Bonchev–Trinajstić information content (AvgIpc) is 2.72. The Morgan fingerprint density at radius 2 is 2.15 bits per heavy atom. The van der Waals surface area contributed by atoms with Crippen LogP contribution in [0, 0.1) is 0 Å². The maximum absolute atomic E-state index is 12.5. The SMILES string of the molecule is C[C@H](NC(=O)N1[C@H]2CC[C@H]1CC(O)C2)c1cccnc1. The van der Waals surface area contributed by atoms with Crippen LogP contribution in [0.5, 0.6) is 0 Å². The number of hydrogen-bond acceptors (Lipinski definition) is 3. The average molecular weight is 275 g/mol. The number of carbonyl (C=O) groups is 1. The van der Waals surface area contributed by atoms with Gasteiger partial charge in [-0.25, -0.2) is 4.79 Å². The first kappa shape index (κ1) is 13.4. The lowest BCUT2D eigenvalue weighted by Gasteiger charge is -2.37. The number of urea groups is 1. The zero-order chi connectivity index (χ0) is 14.1. The van der Waals surface area contributed by atoms with Gasteiger partial charge in [0.15, 0.2) is 0 Å². The van der Waals surface area contributed by atoms with Crippen molar-refractivity contribution in [1.82, 2.24) is 15.2 Å². The van der Waals surface area contributed by atoms with Crippen LogP contribution in [0.3, 0.4) is 0 Å². The molecule has 5 nitrogen and oxygen atoms in total. The Morgan fingerprint density at radius 3 is 2.75 bits per heavy atom. The van der Waals surface area contributed by atoms with Crippen molar-refractivity contribution in [2.24, 2.45) is 0 Å². The van der Waals surface area contributed by atoms with Crippen molar-refractivity contribution in [3.63, 3.8) is 0 Å². The summed E-state index contributed by atoms with van der Waals surface area (Å²) in [5.74, 6) is 0. The van der Waals surface area contributed by atoms with Crippen LogP contribution >= 0.6 is 0 Å². The molecule has 2 amide bonds. The van der Waals surface area contributed by atoms with E-state index in [-0.39, 0.29) is 30.3 Å². The van der Waals surface area contributed by atoms with Crippen molar-refractivity contribution in [2.75, 3.05) is 0 Å². The van der Waals surface area contributed by atoms with Crippen LogP contribution in [0.1, 0.15) is 44.2 Å². The summed E-state index contributed by atoms with van der Waals surface area (Å²) in [6.45, 7) is 1.97. The summed E-state index contributed by atoms with van der Waals surface area (Å²) < 4.78 is 0. The molecule has 2 fully saturated rings. The number of aliphatic hydroxyl groups is 1. The van der Waals surface area contributed by atoms with E-state index >= 15 is 0 Å². The van der Waals surface area contributed by atoms with Crippen molar-refractivity contribution in [3.05, 3.63) is 30.1 Å². The number of pyridine rings is 1. The van der Waals surface area contributed by atoms with E-state index in [1.165, 1.54) is 0 Å². The summed E-state index contributed by atoms with van der Waals surface area (Å²) in [5, 5.41) is 12.8. The Hall–Kier alpha value is -1.62. The molecule has 3 heterocycles. The molecule has 0 spiro atoms. The molecule has 20 heavy (non-hydrogen) atoms. The molecule has 108 valence electrons. The molecule has 5 heteroatoms. The summed E-state index contributed by atoms with van der Waals surface area (Å²) in [4.78, 5) is 18.5. The van der Waals surface area contributed by atoms with Gasteiger partial charge in [0.25, 0.3) is 0 Å². The summed E-state index contributed by atoms with van der Waals surface area (Å²) >= 11 is 0. The lowest BCUT2D eigenvalue weighted by Crippen LogP contribution is -2.52. The van der Waals surface area contributed by atoms with Crippen molar-refractivity contribution < 1.29 is 9.90 Å². The molecule has 0 unspecified atom stereocenters. The molecule has 1 aromatic heterocycles. The highest BCUT2D eigenvalue weighted by atomic mass is 16.3. The second kappa shape index (κ2) is 5.40. The standard InChI is InChI=1S/C15H21N3O2/c1-10(11-3-2-6-16-9-11)17-15(20)18-12-4-5-13(18)8-14(19)7-12/h2-3,6,9-10,12-14,19H,4-5,7-8H2,1H3,(H,17,20)/t10-,12-,13-/m0/s1. The lowest BCUT2D eigenvalue weighted by atomic mass is 10.0. The molecule has 2 bridgehead atoms. The molecule has 0 aromatic carbocycles. The minimum absolute atomic E-state index is 0.0132. The Morgan fingerprint density at radius 1 is 1.45 bits per heavy atom. The second-order valence-electron chi connectivity index (χ2n) is 5.88. The second-order valence-corrected chi connectivity index (χ2v) is 5.88. The maximum Gasteiger partial charge on any atom is 0.318 e. The number of nitrogens with zero attached hydrogens (tertiary/aromatic N) is 2. The maximum atomic E-state index is 12.5. The highest BCUT2D eigenvalue weighted by molar-refractivity contribution is 5.76. The minimum Gasteiger partial charge on any atom is -0.393 e. The topological polar surface area (TPSA) is 65.5 Å². The fourth-order valence-corrected chi connectivity index (χ4v) is 3.46. The highest BCUT2D eigenvalue weighted by Gasteiger charge is 2.42. The fraction of sp³-hybridized carbons (Fsp3) is 0.600. The number of rotatable bonds is 2. The molecule has 2 saturated heterocycles. The van der Waals surface area contributed by atoms with Crippen LogP contribution in [0.25, 0.3) is 0 Å². The lowest BCUT2D eigenvalue weighted by molar-refractivity contribution is 0.0536. The summed E-state index contributed by atoms with van der Waals surface area (Å²) in [6.07, 6.45) is 6.71. The molecule has 2 aliphatic rings. The van der Waals surface area contributed by atoms with Gasteiger partial charge in [0.1, 0.15) is 0 Å². The zero-order valence-corrected chi connectivity index (χ0v) is 11.7. The number of hydrogen-bond donors (Lipinski definition) is 2. The van der Waals surface area contributed by atoms with Crippen molar-refractivity contribution >= 4 is 6.03 Å². The van der Waals surface area contributed by atoms with Crippen LogP contribution in [0.4, 0.5) is 4.79 Å². The van der Waals surface area contributed by atoms with Gasteiger partial charge in [0.05, 0.1) is 12.1 Å². The van der Waals surface area contributed by atoms with Gasteiger partial charge >= 0.3 is 6.03 Å². The van der Waals surface area contributed by atoms with Crippen LogP contribution in [-0.4, -0.2) is 39.2 Å². The van der Waals surface area contributed by atoms with Crippen molar-refractivity contribution in [1.29, 1.82) is 0 Å². The predicted octanol–water partition coefficient (Wildman–Crippen LogP) is 1.84. The number of amides is 2. The number of nitrogens with one attached hydrogen (secondary N) is 1. The summed E-state index contributed by atoms with van der Waals surface area (Å²) in [6, 6.07) is 4.17. The highest BCUT2D eigenvalue weighted by Crippen LogP contribution is 2.35. The molecule has 0 saturated carbocycles. The van der Waals surface area contributed by atoms with Crippen LogP contribution in [0.2, 0.25) is 0 Å². The largest absolute Gasteiger partial charge is 0.393 e. The first-order valence-electron chi connectivity index (χ1n) is 7.32. The molecule has 0 radical (unpaired) electrons. The molecular formula is C15H21N3O2. The van der Waals surface area contributed by atoms with E-state index in [0.29, 0.717) is 12.8 Å². The summed E-state index contributed by atoms with van der Waals surface area (Å²) in [5.41, 5.74) is 1.00. The van der Waals surface area contributed by atoms with E-state index in [2.05, 4.69) is 10.3 Å². The Balaban J connectivity index is 1.65. The fourth-order valence-electron chi connectivity index (χ4n) is 3.46. The molecule has 2 aliphatic heterocycles. The van der Waals surface area contributed by atoms with E-state index in [0.717, 1.165) is 18.4 Å². The molecule has 3 atom stereocenters. The Labute approximate surface area is 119 Å². The van der Waals surface area contributed by atoms with E-state index in [1.54, 1.807) is 12.4 Å². The van der Waals surface area contributed by atoms with E-state index < -0.39 is 0 Å². The van der Waals surface area contributed by atoms with Gasteiger partial charge in [-0.15, -0.1) is 0 Å². The quantitative estimate of drug-likeness (QED) is 0.865. The van der Waals surface area contributed by atoms with Gasteiger partial charge in [-0.2, -0.15) is 0 Å². The normalized spacial score (nSPS) is 30.1.